The van der Waals surface area contributed by atoms with Gasteiger partial charge >= 0.3 is 0 Å². The number of amides is 1. The molecule has 1 aliphatic heterocycles. The van der Waals surface area contributed by atoms with E-state index in [1.807, 2.05) is 6.92 Å². The van der Waals surface area contributed by atoms with Gasteiger partial charge in [0.15, 0.2) is 0 Å². The number of hydrogen-bond donors (Lipinski definition) is 3. The molecule has 0 unspecified atom stereocenters. The maximum Gasteiger partial charge on any atom is 0.222 e. The van der Waals surface area contributed by atoms with Crippen molar-refractivity contribution in [3.63, 3.8) is 0 Å². The molecule has 16 heavy (non-hydrogen) atoms. The maximum atomic E-state index is 11.7. The number of nitrogens with zero attached hydrogens (tertiary/aromatic N) is 1. The summed E-state index contributed by atoms with van der Waals surface area (Å²) in [5, 5.41) is 28.2. The van der Waals surface area contributed by atoms with Crippen LogP contribution in [0.4, 0.5) is 0 Å². The second-order valence-electron chi connectivity index (χ2n) is 4.40. The first-order valence-corrected chi connectivity index (χ1v) is 5.84. The topological polar surface area (TPSA) is 81.0 Å². The Labute approximate surface area is 95.7 Å². The van der Waals surface area contributed by atoms with Crippen LogP contribution in [0.1, 0.15) is 26.2 Å². The number of piperidine rings is 1. The molecule has 0 spiro atoms. The highest BCUT2D eigenvalue weighted by molar-refractivity contribution is 5.76. The summed E-state index contributed by atoms with van der Waals surface area (Å²) in [6.07, 6.45) is 0.375. The fourth-order valence-electron chi connectivity index (χ4n) is 1.97. The van der Waals surface area contributed by atoms with Crippen LogP contribution in [0.25, 0.3) is 0 Å². The van der Waals surface area contributed by atoms with E-state index in [0.29, 0.717) is 13.0 Å². The second-order valence-corrected chi connectivity index (χ2v) is 4.40. The molecule has 1 aliphatic rings. The van der Waals surface area contributed by atoms with Gasteiger partial charge in [-0.05, 0) is 6.42 Å². The van der Waals surface area contributed by atoms with Gasteiger partial charge in [0, 0.05) is 25.4 Å². The van der Waals surface area contributed by atoms with Crippen LogP contribution >= 0.6 is 0 Å². The zero-order valence-corrected chi connectivity index (χ0v) is 9.67. The van der Waals surface area contributed by atoms with Crippen LogP contribution in [-0.2, 0) is 4.79 Å². The van der Waals surface area contributed by atoms with Crippen LogP contribution in [0, 0.1) is 5.92 Å². The summed E-state index contributed by atoms with van der Waals surface area (Å²) in [5.74, 6) is -0.444. The Bertz CT molecular complexity index is 234. The third kappa shape index (κ3) is 3.17. The number of rotatable bonds is 4. The fraction of sp³-hybridized carbons (Fsp3) is 0.909. The van der Waals surface area contributed by atoms with Gasteiger partial charge in [0.05, 0.1) is 18.8 Å². The Morgan fingerprint density at radius 2 is 2.06 bits per heavy atom. The highest BCUT2D eigenvalue weighted by Crippen LogP contribution is 2.18. The van der Waals surface area contributed by atoms with E-state index in [1.165, 1.54) is 4.90 Å². The number of likely N-dealkylation sites (tertiary alicyclic amines) is 1. The lowest BCUT2D eigenvalue weighted by Gasteiger charge is -2.38. The van der Waals surface area contributed by atoms with Gasteiger partial charge in [0.2, 0.25) is 5.91 Å². The van der Waals surface area contributed by atoms with Crippen molar-refractivity contribution < 1.29 is 20.1 Å². The van der Waals surface area contributed by atoms with Crippen molar-refractivity contribution in [2.45, 2.75) is 38.4 Å². The number of carbonyl (C=O) groups is 1. The third-order valence-electron chi connectivity index (χ3n) is 3.07. The van der Waals surface area contributed by atoms with Crippen LogP contribution in [0.3, 0.4) is 0 Å². The Balaban J connectivity index is 2.52. The summed E-state index contributed by atoms with van der Waals surface area (Å²) in [6.45, 7) is 2.30. The standard InChI is InChI=1S/C11H21NO4/c1-2-3-4-10(15)12-5-8(7-13)11(16)9(14)6-12/h8-9,11,13-14,16H,2-7H2,1H3/t8-,9-,11-/m1/s1. The highest BCUT2D eigenvalue weighted by atomic mass is 16.3. The van der Waals surface area contributed by atoms with Crippen LogP contribution in [0.15, 0.2) is 0 Å². The molecule has 1 heterocycles. The maximum absolute atomic E-state index is 11.7. The molecule has 0 saturated carbocycles. The van der Waals surface area contributed by atoms with Gasteiger partial charge in [-0.15, -0.1) is 0 Å². The number of β-amino-alcohol motifs (C(OH)–C–C–N with tert-alkyl or cyclic N) is 1. The molecule has 1 fully saturated rings. The molecule has 0 aromatic heterocycles. The van der Waals surface area contributed by atoms with Crippen molar-refractivity contribution in [3.8, 4) is 0 Å². The molecule has 0 bridgehead atoms. The minimum Gasteiger partial charge on any atom is -0.396 e. The first-order valence-electron chi connectivity index (χ1n) is 5.84. The van der Waals surface area contributed by atoms with Crippen LogP contribution in [0.2, 0.25) is 0 Å². The molecular formula is C11H21NO4. The van der Waals surface area contributed by atoms with Gasteiger partial charge in [-0.3, -0.25) is 4.79 Å². The molecule has 5 heteroatoms. The lowest BCUT2D eigenvalue weighted by atomic mass is 9.93. The molecule has 1 amide bonds. The molecule has 0 aliphatic carbocycles. The van der Waals surface area contributed by atoms with E-state index in [9.17, 15) is 15.0 Å². The van der Waals surface area contributed by atoms with Gasteiger partial charge in [0.1, 0.15) is 0 Å². The van der Waals surface area contributed by atoms with Crippen molar-refractivity contribution in [1.82, 2.24) is 4.90 Å². The Morgan fingerprint density at radius 1 is 1.38 bits per heavy atom. The highest BCUT2D eigenvalue weighted by Gasteiger charge is 2.35. The summed E-state index contributed by atoms with van der Waals surface area (Å²) in [4.78, 5) is 13.3. The van der Waals surface area contributed by atoms with Gasteiger partial charge in [-0.1, -0.05) is 13.3 Å². The first kappa shape index (κ1) is 13.4. The summed E-state index contributed by atoms with van der Waals surface area (Å²) < 4.78 is 0. The molecule has 0 radical (unpaired) electrons. The van der Waals surface area contributed by atoms with E-state index >= 15 is 0 Å². The van der Waals surface area contributed by atoms with Crippen LogP contribution in [-0.4, -0.2) is 58.0 Å². The average Bonchev–Trinajstić information content (AvgIpc) is 2.29. The predicted molar refractivity (Wildman–Crippen MR) is 58.7 cm³/mol. The first-order chi connectivity index (χ1) is 7.60. The second kappa shape index (κ2) is 6.18. The molecule has 0 aromatic carbocycles. The van der Waals surface area contributed by atoms with E-state index in [2.05, 4.69) is 0 Å². The number of unbranched alkanes of at least 4 members (excludes halogenated alkanes) is 1. The quantitative estimate of drug-likeness (QED) is 0.600. The monoisotopic (exact) mass is 231 g/mol. The van der Waals surface area contributed by atoms with E-state index in [1.54, 1.807) is 0 Å². The Kier molecular flexibility index (Phi) is 5.18. The molecule has 0 aromatic rings. The summed E-state index contributed by atoms with van der Waals surface area (Å²) in [6, 6.07) is 0. The minimum atomic E-state index is -0.948. The fourth-order valence-corrected chi connectivity index (χ4v) is 1.97. The number of carbonyl (C=O) groups excluding carboxylic acids is 1. The van der Waals surface area contributed by atoms with E-state index in [-0.39, 0.29) is 19.1 Å². The largest absolute Gasteiger partial charge is 0.396 e. The van der Waals surface area contributed by atoms with Gasteiger partial charge < -0.3 is 20.2 Å². The number of aliphatic hydroxyl groups excluding tert-OH is 3. The van der Waals surface area contributed by atoms with E-state index in [4.69, 9.17) is 5.11 Å². The summed E-state index contributed by atoms with van der Waals surface area (Å²) >= 11 is 0. The molecule has 3 atom stereocenters. The summed E-state index contributed by atoms with van der Waals surface area (Å²) in [5.41, 5.74) is 0. The zero-order chi connectivity index (χ0) is 12.1. The number of aliphatic hydroxyl groups is 3. The van der Waals surface area contributed by atoms with Crippen molar-refractivity contribution in [2.75, 3.05) is 19.7 Å². The van der Waals surface area contributed by atoms with Gasteiger partial charge in [-0.25, -0.2) is 0 Å². The third-order valence-corrected chi connectivity index (χ3v) is 3.07. The summed E-state index contributed by atoms with van der Waals surface area (Å²) in [7, 11) is 0. The van der Waals surface area contributed by atoms with Crippen molar-refractivity contribution >= 4 is 5.91 Å². The van der Waals surface area contributed by atoms with E-state index < -0.39 is 18.1 Å². The minimum absolute atomic E-state index is 0.00810. The van der Waals surface area contributed by atoms with Crippen molar-refractivity contribution in [1.29, 1.82) is 0 Å². The lowest BCUT2D eigenvalue weighted by Crippen LogP contribution is -2.55. The molecule has 3 N–H and O–H groups in total. The van der Waals surface area contributed by atoms with Gasteiger partial charge in [0.25, 0.3) is 0 Å². The Hall–Kier alpha value is -0.650. The molecule has 1 saturated heterocycles. The Morgan fingerprint density at radius 3 is 2.62 bits per heavy atom. The normalized spacial score (nSPS) is 30.5. The molecular weight excluding hydrogens is 210 g/mol. The number of hydrogen-bond acceptors (Lipinski definition) is 4. The van der Waals surface area contributed by atoms with Crippen LogP contribution < -0.4 is 0 Å². The van der Waals surface area contributed by atoms with Gasteiger partial charge in [-0.2, -0.15) is 0 Å². The van der Waals surface area contributed by atoms with Crippen molar-refractivity contribution in [2.24, 2.45) is 5.92 Å². The molecule has 5 nitrogen and oxygen atoms in total. The molecule has 1 rings (SSSR count). The smallest absolute Gasteiger partial charge is 0.222 e. The van der Waals surface area contributed by atoms with E-state index in [0.717, 1.165) is 12.8 Å². The van der Waals surface area contributed by atoms with Crippen molar-refractivity contribution in [3.05, 3.63) is 0 Å². The average molecular weight is 231 g/mol. The zero-order valence-electron chi connectivity index (χ0n) is 9.67. The predicted octanol–water partition coefficient (Wildman–Crippen LogP) is -0.651. The SMILES string of the molecule is CCCCC(=O)N1C[C@H](CO)[C@@H](O)[C@H](O)C1. The molecule has 94 valence electrons. The van der Waals surface area contributed by atoms with Crippen LogP contribution in [0.5, 0.6) is 0 Å². The lowest BCUT2D eigenvalue weighted by molar-refractivity contribution is -0.143.